The lowest BCUT2D eigenvalue weighted by molar-refractivity contribution is -0.0716. The van der Waals surface area contributed by atoms with E-state index in [9.17, 15) is 18.3 Å². The lowest BCUT2D eigenvalue weighted by atomic mass is 10.0. The molecule has 0 radical (unpaired) electrons. The molecular weight excluding hydrogens is 211 g/mol. The summed E-state index contributed by atoms with van der Waals surface area (Å²) >= 11 is 0. The highest BCUT2D eigenvalue weighted by molar-refractivity contribution is 5.36. The standard InChI is InChI=1S/C9H10F3NO2/c10-5-1-2-7(15)6(3-5)8(13)9(11,12)4-14/h1-3,8,14-15H,4,13H2/t8-/m1/s1. The molecule has 0 unspecified atom stereocenters. The van der Waals surface area contributed by atoms with Gasteiger partial charge in [-0.25, -0.2) is 13.2 Å². The Labute approximate surface area is 84.0 Å². The molecule has 1 aromatic carbocycles. The van der Waals surface area contributed by atoms with Crippen LogP contribution in [0.1, 0.15) is 11.6 Å². The van der Waals surface area contributed by atoms with Crippen molar-refractivity contribution < 1.29 is 23.4 Å². The van der Waals surface area contributed by atoms with E-state index in [4.69, 9.17) is 10.8 Å². The van der Waals surface area contributed by atoms with E-state index in [1.807, 2.05) is 0 Å². The number of aromatic hydroxyl groups is 1. The van der Waals surface area contributed by atoms with Gasteiger partial charge in [-0.1, -0.05) is 0 Å². The molecule has 0 saturated heterocycles. The van der Waals surface area contributed by atoms with Gasteiger partial charge in [0.05, 0.1) is 0 Å². The van der Waals surface area contributed by atoms with Crippen LogP contribution in [0.2, 0.25) is 0 Å². The van der Waals surface area contributed by atoms with Gasteiger partial charge in [-0.2, -0.15) is 0 Å². The molecule has 0 heterocycles. The number of rotatable bonds is 3. The summed E-state index contributed by atoms with van der Waals surface area (Å²) in [6, 6.07) is 0.614. The van der Waals surface area contributed by atoms with Crippen LogP contribution in [0.3, 0.4) is 0 Å². The zero-order valence-corrected chi connectivity index (χ0v) is 7.62. The monoisotopic (exact) mass is 221 g/mol. The second-order valence-electron chi connectivity index (χ2n) is 3.10. The van der Waals surface area contributed by atoms with Crippen LogP contribution in [0, 0.1) is 5.82 Å². The van der Waals surface area contributed by atoms with Crippen LogP contribution < -0.4 is 5.73 Å². The third-order valence-electron chi connectivity index (χ3n) is 1.99. The van der Waals surface area contributed by atoms with Crippen LogP contribution >= 0.6 is 0 Å². The molecule has 1 atom stereocenters. The Kier molecular flexibility index (Phi) is 3.21. The number of nitrogens with two attached hydrogens (primary N) is 1. The quantitative estimate of drug-likeness (QED) is 0.717. The van der Waals surface area contributed by atoms with Gasteiger partial charge in [0.2, 0.25) is 0 Å². The van der Waals surface area contributed by atoms with Gasteiger partial charge in [0.15, 0.2) is 0 Å². The van der Waals surface area contributed by atoms with Crippen molar-refractivity contribution in [1.29, 1.82) is 0 Å². The molecule has 6 heteroatoms. The lowest BCUT2D eigenvalue weighted by Crippen LogP contribution is -2.36. The van der Waals surface area contributed by atoms with Gasteiger partial charge in [0, 0.05) is 5.56 Å². The van der Waals surface area contributed by atoms with Gasteiger partial charge in [0.25, 0.3) is 5.92 Å². The maximum Gasteiger partial charge on any atom is 0.289 e. The fourth-order valence-electron chi connectivity index (χ4n) is 1.10. The van der Waals surface area contributed by atoms with Crippen LogP contribution in [-0.2, 0) is 0 Å². The maximum atomic E-state index is 12.9. The number of hydrogen-bond donors (Lipinski definition) is 3. The predicted molar refractivity (Wildman–Crippen MR) is 47.0 cm³/mol. The molecule has 0 aliphatic heterocycles. The smallest absolute Gasteiger partial charge is 0.289 e. The van der Waals surface area contributed by atoms with Crippen molar-refractivity contribution in [3.63, 3.8) is 0 Å². The summed E-state index contributed by atoms with van der Waals surface area (Å²) in [4.78, 5) is 0. The van der Waals surface area contributed by atoms with E-state index in [-0.39, 0.29) is 0 Å². The van der Waals surface area contributed by atoms with E-state index in [0.717, 1.165) is 12.1 Å². The van der Waals surface area contributed by atoms with Crippen molar-refractivity contribution in [2.75, 3.05) is 6.61 Å². The third-order valence-corrected chi connectivity index (χ3v) is 1.99. The number of phenols is 1. The Bertz CT molecular complexity index is 357. The molecule has 3 nitrogen and oxygen atoms in total. The normalized spacial score (nSPS) is 13.9. The third kappa shape index (κ3) is 2.40. The maximum absolute atomic E-state index is 12.9. The Hall–Kier alpha value is -1.27. The molecule has 4 N–H and O–H groups in total. The molecule has 1 aromatic rings. The van der Waals surface area contributed by atoms with Gasteiger partial charge < -0.3 is 15.9 Å². The van der Waals surface area contributed by atoms with Crippen molar-refractivity contribution in [2.24, 2.45) is 5.73 Å². The number of alkyl halides is 2. The topological polar surface area (TPSA) is 66.5 Å². The Balaban J connectivity index is 3.10. The Morgan fingerprint density at radius 2 is 2.00 bits per heavy atom. The average molecular weight is 221 g/mol. The molecule has 84 valence electrons. The number of hydrogen-bond acceptors (Lipinski definition) is 3. The van der Waals surface area contributed by atoms with Crippen molar-refractivity contribution in [3.05, 3.63) is 29.6 Å². The fourth-order valence-corrected chi connectivity index (χ4v) is 1.10. The first-order valence-electron chi connectivity index (χ1n) is 4.11. The largest absolute Gasteiger partial charge is 0.508 e. The summed E-state index contributed by atoms with van der Waals surface area (Å²) < 4.78 is 38.6. The second kappa shape index (κ2) is 4.08. The molecule has 0 bridgehead atoms. The summed E-state index contributed by atoms with van der Waals surface area (Å²) in [5.74, 6) is -4.92. The van der Waals surface area contributed by atoms with Crippen LogP contribution in [0.4, 0.5) is 13.2 Å². The highest BCUT2D eigenvalue weighted by Gasteiger charge is 2.38. The molecule has 0 saturated carbocycles. The highest BCUT2D eigenvalue weighted by atomic mass is 19.3. The van der Waals surface area contributed by atoms with E-state index in [2.05, 4.69) is 0 Å². The molecule has 15 heavy (non-hydrogen) atoms. The van der Waals surface area contributed by atoms with Crippen molar-refractivity contribution >= 4 is 0 Å². The first-order valence-corrected chi connectivity index (χ1v) is 4.11. The first kappa shape index (κ1) is 11.8. The summed E-state index contributed by atoms with van der Waals surface area (Å²) in [6.07, 6.45) is 0. The lowest BCUT2D eigenvalue weighted by Gasteiger charge is -2.22. The first-order chi connectivity index (χ1) is 6.88. The van der Waals surface area contributed by atoms with E-state index >= 15 is 0 Å². The minimum atomic E-state index is -3.61. The van der Waals surface area contributed by atoms with Gasteiger partial charge in [-0.05, 0) is 18.2 Å². The Morgan fingerprint density at radius 3 is 2.53 bits per heavy atom. The minimum Gasteiger partial charge on any atom is -0.508 e. The number of aliphatic hydroxyl groups excluding tert-OH is 1. The molecule has 0 spiro atoms. The van der Waals surface area contributed by atoms with Crippen LogP contribution in [0.5, 0.6) is 5.75 Å². The van der Waals surface area contributed by atoms with Gasteiger partial charge in [-0.15, -0.1) is 0 Å². The molecule has 0 aliphatic rings. The SMILES string of the molecule is N[C@H](c1cc(F)ccc1O)C(F)(F)CO. The Morgan fingerprint density at radius 1 is 1.40 bits per heavy atom. The average Bonchev–Trinajstić information content (AvgIpc) is 2.20. The summed E-state index contributed by atoms with van der Waals surface area (Å²) in [7, 11) is 0. The summed E-state index contributed by atoms with van der Waals surface area (Å²) in [5, 5.41) is 17.6. The van der Waals surface area contributed by atoms with Gasteiger partial charge >= 0.3 is 0 Å². The van der Waals surface area contributed by atoms with Crippen molar-refractivity contribution in [3.8, 4) is 5.75 Å². The van der Waals surface area contributed by atoms with Crippen LogP contribution in [0.25, 0.3) is 0 Å². The highest BCUT2D eigenvalue weighted by Crippen LogP contribution is 2.33. The minimum absolute atomic E-state index is 0.436. The summed E-state index contributed by atoms with van der Waals surface area (Å²) in [5.41, 5.74) is 4.68. The molecule has 0 aromatic heterocycles. The molecule has 1 rings (SSSR count). The molecule has 0 aliphatic carbocycles. The summed E-state index contributed by atoms with van der Waals surface area (Å²) in [6.45, 7) is -1.47. The van der Waals surface area contributed by atoms with Gasteiger partial charge in [-0.3, -0.25) is 0 Å². The number of aliphatic hydroxyl groups is 1. The molecular formula is C9H10F3NO2. The van der Waals surface area contributed by atoms with Crippen LogP contribution in [-0.4, -0.2) is 22.7 Å². The number of benzene rings is 1. The van der Waals surface area contributed by atoms with Crippen molar-refractivity contribution in [1.82, 2.24) is 0 Å². The molecule has 0 fully saturated rings. The predicted octanol–water partition coefficient (Wildman–Crippen LogP) is 1.16. The molecule has 0 amide bonds. The van der Waals surface area contributed by atoms with E-state index in [1.54, 1.807) is 0 Å². The zero-order chi connectivity index (χ0) is 11.6. The van der Waals surface area contributed by atoms with Crippen LogP contribution in [0.15, 0.2) is 18.2 Å². The second-order valence-corrected chi connectivity index (χ2v) is 3.10. The van der Waals surface area contributed by atoms with Crippen molar-refractivity contribution in [2.45, 2.75) is 12.0 Å². The van der Waals surface area contributed by atoms with Gasteiger partial charge in [0.1, 0.15) is 24.2 Å². The fraction of sp³-hybridized carbons (Fsp3) is 0.333. The number of halogens is 3. The van der Waals surface area contributed by atoms with E-state index in [1.165, 1.54) is 0 Å². The number of phenolic OH excluding ortho intramolecular Hbond substituents is 1. The zero-order valence-electron chi connectivity index (χ0n) is 7.62. The van der Waals surface area contributed by atoms with E-state index < -0.39 is 35.7 Å². The van der Waals surface area contributed by atoms with E-state index in [0.29, 0.717) is 6.07 Å².